The summed E-state index contributed by atoms with van der Waals surface area (Å²) in [5, 5.41) is 2.99. The van der Waals surface area contributed by atoms with Gasteiger partial charge in [-0.25, -0.2) is 8.42 Å². The van der Waals surface area contributed by atoms with Crippen molar-refractivity contribution < 1.29 is 17.9 Å². The first kappa shape index (κ1) is 22.7. The Labute approximate surface area is 173 Å². The van der Waals surface area contributed by atoms with Crippen LogP contribution in [0.4, 0.5) is 5.69 Å². The fraction of sp³-hybridized carbons (Fsp3) is 0.409. The monoisotopic (exact) mass is 418 g/mol. The number of ether oxygens (including phenoxy) is 1. The van der Waals surface area contributed by atoms with E-state index in [2.05, 4.69) is 5.32 Å². The molecular weight excluding hydrogens is 388 g/mol. The summed E-state index contributed by atoms with van der Waals surface area (Å²) < 4.78 is 31.5. The molecule has 1 amide bonds. The molecule has 0 aliphatic carbocycles. The number of hydrogen-bond acceptors (Lipinski definition) is 4. The molecule has 0 heterocycles. The van der Waals surface area contributed by atoms with Gasteiger partial charge in [-0.15, -0.1) is 0 Å². The molecule has 0 aliphatic heterocycles. The second kappa shape index (κ2) is 9.31. The highest BCUT2D eigenvalue weighted by atomic mass is 32.2. The van der Waals surface area contributed by atoms with Crippen molar-refractivity contribution in [3.8, 4) is 5.75 Å². The van der Waals surface area contributed by atoms with E-state index in [0.717, 1.165) is 16.1 Å². The molecule has 158 valence electrons. The Balaban J connectivity index is 2.20. The third kappa shape index (κ3) is 6.49. The van der Waals surface area contributed by atoms with E-state index >= 15 is 0 Å². The summed E-state index contributed by atoms with van der Waals surface area (Å²) in [5.41, 5.74) is 0.978. The van der Waals surface area contributed by atoms with Gasteiger partial charge >= 0.3 is 0 Å². The molecule has 0 saturated heterocycles. The van der Waals surface area contributed by atoms with Crippen molar-refractivity contribution in [3.05, 3.63) is 60.2 Å². The first-order chi connectivity index (χ1) is 13.5. The number of amides is 1. The lowest BCUT2D eigenvalue weighted by atomic mass is 9.94. The van der Waals surface area contributed by atoms with E-state index in [0.29, 0.717) is 24.5 Å². The Morgan fingerprint density at radius 3 is 2.21 bits per heavy atom. The van der Waals surface area contributed by atoms with Gasteiger partial charge in [-0.3, -0.25) is 9.10 Å². The smallest absolute Gasteiger partial charge is 0.244 e. The zero-order valence-corrected chi connectivity index (χ0v) is 18.5. The second-order valence-corrected chi connectivity index (χ2v) is 9.56. The van der Waals surface area contributed by atoms with Crippen molar-refractivity contribution in [1.29, 1.82) is 0 Å². The predicted molar refractivity (Wildman–Crippen MR) is 117 cm³/mol. The first-order valence-corrected chi connectivity index (χ1v) is 11.5. The van der Waals surface area contributed by atoms with Crippen LogP contribution in [0, 0.1) is 0 Å². The molecule has 2 aromatic carbocycles. The number of carbonyl (C=O) groups excluding carboxylic acids is 1. The van der Waals surface area contributed by atoms with Crippen molar-refractivity contribution in [2.75, 3.05) is 17.2 Å². The molecule has 7 heteroatoms. The van der Waals surface area contributed by atoms with Crippen LogP contribution in [0.25, 0.3) is 0 Å². The van der Waals surface area contributed by atoms with Crippen LogP contribution < -0.4 is 14.4 Å². The van der Waals surface area contributed by atoms with Crippen LogP contribution in [-0.2, 0) is 21.2 Å². The molecule has 6 nitrogen and oxygen atoms in total. The standard InChI is InChI=1S/C22H30N2O4S/c1-6-28-20-14-12-19(13-15-20)24(29(5,26)27)17(2)21(25)23-22(3,4)16-18-10-8-7-9-11-18/h7-15,17H,6,16H2,1-5H3,(H,23,25)/t17-/m1/s1. The molecule has 29 heavy (non-hydrogen) atoms. The molecule has 0 bridgehead atoms. The van der Waals surface area contributed by atoms with Gasteiger partial charge in [0.05, 0.1) is 18.6 Å². The Kier molecular flexibility index (Phi) is 7.30. The maximum atomic E-state index is 12.9. The molecular formula is C22H30N2O4S. The van der Waals surface area contributed by atoms with Crippen LogP contribution in [0.15, 0.2) is 54.6 Å². The molecule has 0 aromatic heterocycles. The van der Waals surface area contributed by atoms with Crippen LogP contribution >= 0.6 is 0 Å². The zero-order chi connectivity index (χ0) is 21.7. The van der Waals surface area contributed by atoms with E-state index < -0.39 is 21.6 Å². The molecule has 2 rings (SSSR count). The highest BCUT2D eigenvalue weighted by molar-refractivity contribution is 7.92. The third-order valence-corrected chi connectivity index (χ3v) is 5.68. The zero-order valence-electron chi connectivity index (χ0n) is 17.7. The minimum absolute atomic E-state index is 0.356. The fourth-order valence-electron chi connectivity index (χ4n) is 3.25. The average Bonchev–Trinajstić information content (AvgIpc) is 2.62. The van der Waals surface area contributed by atoms with Gasteiger partial charge in [-0.2, -0.15) is 0 Å². The van der Waals surface area contributed by atoms with Gasteiger partial charge < -0.3 is 10.1 Å². The summed E-state index contributed by atoms with van der Waals surface area (Å²) in [7, 11) is -3.67. The lowest BCUT2D eigenvalue weighted by Crippen LogP contribution is -2.54. The molecule has 1 atom stereocenters. The van der Waals surface area contributed by atoms with Crippen LogP contribution in [-0.4, -0.2) is 38.8 Å². The van der Waals surface area contributed by atoms with Crippen LogP contribution in [0.2, 0.25) is 0 Å². The average molecular weight is 419 g/mol. The van der Waals surface area contributed by atoms with E-state index in [1.165, 1.54) is 0 Å². The van der Waals surface area contributed by atoms with Crippen molar-refractivity contribution in [2.45, 2.75) is 45.7 Å². The highest BCUT2D eigenvalue weighted by Gasteiger charge is 2.32. The van der Waals surface area contributed by atoms with E-state index in [1.54, 1.807) is 31.2 Å². The van der Waals surface area contributed by atoms with E-state index in [1.807, 2.05) is 51.1 Å². The van der Waals surface area contributed by atoms with E-state index in [4.69, 9.17) is 4.74 Å². The van der Waals surface area contributed by atoms with Gasteiger partial charge in [-0.05, 0) is 63.9 Å². The first-order valence-electron chi connectivity index (χ1n) is 9.62. The lowest BCUT2D eigenvalue weighted by molar-refractivity contribution is -0.123. The summed E-state index contributed by atoms with van der Waals surface area (Å²) in [4.78, 5) is 12.9. The number of nitrogens with zero attached hydrogens (tertiary/aromatic N) is 1. The number of rotatable bonds is 9. The van der Waals surface area contributed by atoms with Crippen LogP contribution in [0.3, 0.4) is 0 Å². The Morgan fingerprint density at radius 2 is 1.69 bits per heavy atom. The predicted octanol–water partition coefficient (Wildman–Crippen LogP) is 3.38. The molecule has 0 fully saturated rings. The molecule has 0 saturated carbocycles. The topological polar surface area (TPSA) is 75.7 Å². The minimum atomic E-state index is -3.67. The number of benzene rings is 2. The summed E-state index contributed by atoms with van der Waals surface area (Å²) >= 11 is 0. The van der Waals surface area contributed by atoms with Crippen molar-refractivity contribution in [2.24, 2.45) is 0 Å². The summed E-state index contributed by atoms with van der Waals surface area (Å²) in [6.45, 7) is 7.83. The van der Waals surface area contributed by atoms with Crippen LogP contribution in [0.1, 0.15) is 33.3 Å². The van der Waals surface area contributed by atoms with Gasteiger partial charge in [0.25, 0.3) is 0 Å². The molecule has 0 aliphatic rings. The number of sulfonamides is 1. The molecule has 2 aromatic rings. The van der Waals surface area contributed by atoms with Gasteiger partial charge in [0.1, 0.15) is 11.8 Å². The number of anilines is 1. The SMILES string of the molecule is CCOc1ccc(N([C@H](C)C(=O)NC(C)(C)Cc2ccccc2)S(C)(=O)=O)cc1. The van der Waals surface area contributed by atoms with Crippen molar-refractivity contribution in [1.82, 2.24) is 5.32 Å². The van der Waals surface area contributed by atoms with Gasteiger partial charge in [0, 0.05) is 5.54 Å². The minimum Gasteiger partial charge on any atom is -0.494 e. The number of carbonyl (C=O) groups is 1. The summed E-state index contributed by atoms with van der Waals surface area (Å²) in [5.74, 6) is 0.288. The highest BCUT2D eigenvalue weighted by Crippen LogP contribution is 2.24. The van der Waals surface area contributed by atoms with E-state index in [-0.39, 0.29) is 5.91 Å². The van der Waals surface area contributed by atoms with Gasteiger partial charge in [0.15, 0.2) is 0 Å². The number of hydrogen-bond donors (Lipinski definition) is 1. The maximum absolute atomic E-state index is 12.9. The third-order valence-electron chi connectivity index (χ3n) is 4.44. The van der Waals surface area contributed by atoms with Gasteiger partial charge in [-0.1, -0.05) is 30.3 Å². The Hall–Kier alpha value is -2.54. The van der Waals surface area contributed by atoms with Crippen molar-refractivity contribution >= 4 is 21.6 Å². The molecule has 0 radical (unpaired) electrons. The largest absolute Gasteiger partial charge is 0.494 e. The van der Waals surface area contributed by atoms with Crippen LogP contribution in [0.5, 0.6) is 5.75 Å². The normalized spacial score (nSPS) is 12.9. The summed E-state index contributed by atoms with van der Waals surface area (Å²) in [6.07, 6.45) is 1.73. The number of nitrogens with one attached hydrogen (secondary N) is 1. The van der Waals surface area contributed by atoms with E-state index in [9.17, 15) is 13.2 Å². The molecule has 0 spiro atoms. The van der Waals surface area contributed by atoms with Gasteiger partial charge in [0.2, 0.25) is 15.9 Å². The molecule has 1 N–H and O–H groups in total. The quantitative estimate of drug-likeness (QED) is 0.677. The summed E-state index contributed by atoms with van der Waals surface area (Å²) in [6, 6.07) is 15.6. The maximum Gasteiger partial charge on any atom is 0.244 e. The van der Waals surface area contributed by atoms with Crippen molar-refractivity contribution in [3.63, 3.8) is 0 Å². The fourth-order valence-corrected chi connectivity index (χ4v) is 4.43. The molecule has 0 unspecified atom stereocenters. The Bertz CT molecular complexity index is 910. The Morgan fingerprint density at radius 1 is 1.10 bits per heavy atom. The lowest BCUT2D eigenvalue weighted by Gasteiger charge is -2.33. The second-order valence-electron chi connectivity index (χ2n) is 7.70.